The molecule has 1 heterocycles. The van der Waals surface area contributed by atoms with Crippen molar-refractivity contribution >= 4 is 11.6 Å². The van der Waals surface area contributed by atoms with E-state index in [-0.39, 0.29) is 5.75 Å². The van der Waals surface area contributed by atoms with Gasteiger partial charge in [-0.3, -0.25) is 0 Å². The molecular weight excluding hydrogens is 222 g/mol. The van der Waals surface area contributed by atoms with Gasteiger partial charge >= 0.3 is 0 Å². The molecule has 1 aliphatic rings. The van der Waals surface area contributed by atoms with Crippen LogP contribution in [0.15, 0.2) is 6.07 Å². The fourth-order valence-corrected chi connectivity index (χ4v) is 2.55. The van der Waals surface area contributed by atoms with Crippen LogP contribution in [0.3, 0.4) is 0 Å². The quantitative estimate of drug-likeness (QED) is 0.832. The summed E-state index contributed by atoms with van der Waals surface area (Å²) in [4.78, 5) is 0. The molecule has 2 nitrogen and oxygen atoms in total. The number of phenols is 1. The molecule has 88 valence electrons. The lowest BCUT2D eigenvalue weighted by atomic mass is 9.99. The Bertz CT molecular complexity index is 397. The Balaban J connectivity index is 2.26. The average molecular weight is 240 g/mol. The number of benzene rings is 1. The largest absolute Gasteiger partial charge is 0.506 e. The zero-order valence-electron chi connectivity index (χ0n) is 9.81. The Kier molecular flexibility index (Phi) is 3.41. The van der Waals surface area contributed by atoms with E-state index in [1.165, 1.54) is 12.8 Å². The number of aryl methyl sites for hydroxylation is 1. The molecule has 1 aromatic rings. The van der Waals surface area contributed by atoms with E-state index in [0.717, 1.165) is 29.7 Å². The van der Waals surface area contributed by atoms with E-state index < -0.39 is 0 Å². The summed E-state index contributed by atoms with van der Waals surface area (Å²) in [5.41, 5.74) is 3.09. The van der Waals surface area contributed by atoms with Crippen LogP contribution in [-0.4, -0.2) is 17.7 Å². The summed E-state index contributed by atoms with van der Waals surface area (Å²) in [6, 6.07) is 2.54. The number of phenolic OH excluding ortho intramolecular Hbond substituents is 1. The third-order valence-corrected chi connectivity index (χ3v) is 3.91. The summed E-state index contributed by atoms with van der Waals surface area (Å²) in [5.74, 6) is 0.262. The molecule has 0 radical (unpaired) electrons. The number of hydrogen-bond acceptors (Lipinski definition) is 2. The molecule has 1 fully saturated rings. The Labute approximate surface area is 102 Å². The van der Waals surface area contributed by atoms with Crippen molar-refractivity contribution in [1.29, 1.82) is 0 Å². The van der Waals surface area contributed by atoms with Crippen molar-refractivity contribution < 1.29 is 5.11 Å². The van der Waals surface area contributed by atoms with Gasteiger partial charge in [0, 0.05) is 6.04 Å². The van der Waals surface area contributed by atoms with Crippen molar-refractivity contribution in [2.75, 3.05) is 6.54 Å². The molecule has 1 atom stereocenters. The lowest BCUT2D eigenvalue weighted by Crippen LogP contribution is -2.23. The number of aromatic hydroxyl groups is 1. The van der Waals surface area contributed by atoms with E-state index in [1.54, 1.807) is 0 Å². The maximum absolute atomic E-state index is 10.0. The highest BCUT2D eigenvalue weighted by Crippen LogP contribution is 2.34. The van der Waals surface area contributed by atoms with Crippen LogP contribution in [-0.2, 0) is 6.42 Å². The van der Waals surface area contributed by atoms with Crippen molar-refractivity contribution in [2.45, 2.75) is 39.2 Å². The van der Waals surface area contributed by atoms with Gasteiger partial charge in [-0.25, -0.2) is 0 Å². The first-order valence-corrected chi connectivity index (χ1v) is 6.18. The highest BCUT2D eigenvalue weighted by atomic mass is 35.5. The van der Waals surface area contributed by atoms with Gasteiger partial charge in [-0.2, -0.15) is 0 Å². The fraction of sp³-hybridized carbons (Fsp3) is 0.538. The Morgan fingerprint density at radius 2 is 2.25 bits per heavy atom. The van der Waals surface area contributed by atoms with Gasteiger partial charge in [0.2, 0.25) is 0 Å². The minimum atomic E-state index is 0.262. The van der Waals surface area contributed by atoms with Crippen molar-refractivity contribution in [3.8, 4) is 5.75 Å². The van der Waals surface area contributed by atoms with E-state index >= 15 is 0 Å². The molecular formula is C13H18ClNO. The van der Waals surface area contributed by atoms with Crippen LogP contribution in [0.4, 0.5) is 0 Å². The molecule has 0 spiro atoms. The smallest absolute Gasteiger partial charge is 0.137 e. The molecule has 1 aliphatic heterocycles. The molecule has 1 unspecified atom stereocenters. The first-order valence-electron chi connectivity index (χ1n) is 5.80. The molecule has 0 amide bonds. The van der Waals surface area contributed by atoms with Crippen molar-refractivity contribution in [3.05, 3.63) is 27.8 Å². The molecule has 16 heavy (non-hydrogen) atoms. The molecule has 2 N–H and O–H groups in total. The van der Waals surface area contributed by atoms with Gasteiger partial charge in [-0.1, -0.05) is 17.7 Å². The Morgan fingerprint density at radius 1 is 1.50 bits per heavy atom. The summed E-state index contributed by atoms with van der Waals surface area (Å²) in [7, 11) is 0. The first-order chi connectivity index (χ1) is 7.59. The molecule has 2 rings (SSSR count). The number of halogens is 1. The van der Waals surface area contributed by atoms with Crippen LogP contribution in [0.2, 0.25) is 5.02 Å². The molecule has 0 saturated carbocycles. The lowest BCUT2D eigenvalue weighted by molar-refractivity contribution is 0.461. The average Bonchev–Trinajstić information content (AvgIpc) is 2.76. The van der Waals surface area contributed by atoms with E-state index in [2.05, 4.69) is 11.4 Å². The lowest BCUT2D eigenvalue weighted by Gasteiger charge is -2.15. The van der Waals surface area contributed by atoms with Crippen molar-refractivity contribution in [3.63, 3.8) is 0 Å². The van der Waals surface area contributed by atoms with Crippen LogP contribution in [0.1, 0.15) is 29.5 Å². The highest BCUT2D eigenvalue weighted by molar-refractivity contribution is 6.33. The summed E-state index contributed by atoms with van der Waals surface area (Å²) >= 11 is 6.10. The van der Waals surface area contributed by atoms with E-state index in [4.69, 9.17) is 11.6 Å². The third-order valence-electron chi connectivity index (χ3n) is 3.45. The van der Waals surface area contributed by atoms with Crippen LogP contribution in [0.25, 0.3) is 0 Å². The first kappa shape index (κ1) is 11.7. The minimum absolute atomic E-state index is 0.262. The second-order valence-corrected chi connectivity index (χ2v) is 5.02. The maximum Gasteiger partial charge on any atom is 0.137 e. The summed E-state index contributed by atoms with van der Waals surface area (Å²) in [6.07, 6.45) is 3.28. The molecule has 3 heteroatoms. The van der Waals surface area contributed by atoms with E-state index in [1.807, 2.05) is 13.8 Å². The van der Waals surface area contributed by atoms with Crippen LogP contribution in [0.5, 0.6) is 5.75 Å². The van der Waals surface area contributed by atoms with Gasteiger partial charge in [0.05, 0.1) is 5.02 Å². The van der Waals surface area contributed by atoms with E-state index in [0.29, 0.717) is 11.1 Å². The second kappa shape index (κ2) is 4.64. The van der Waals surface area contributed by atoms with Crippen molar-refractivity contribution in [1.82, 2.24) is 5.32 Å². The van der Waals surface area contributed by atoms with Gasteiger partial charge in [0.25, 0.3) is 0 Å². The Hall–Kier alpha value is -0.730. The topological polar surface area (TPSA) is 32.3 Å². The van der Waals surface area contributed by atoms with Crippen LogP contribution < -0.4 is 5.32 Å². The monoisotopic (exact) mass is 239 g/mol. The summed E-state index contributed by atoms with van der Waals surface area (Å²) in [5, 5.41) is 13.9. The predicted octanol–water partition coefficient (Wildman–Crippen LogP) is 2.96. The van der Waals surface area contributed by atoms with Gasteiger partial charge < -0.3 is 10.4 Å². The summed E-state index contributed by atoms with van der Waals surface area (Å²) in [6.45, 7) is 5.06. The van der Waals surface area contributed by atoms with Crippen LogP contribution in [0, 0.1) is 13.8 Å². The molecule has 1 saturated heterocycles. The van der Waals surface area contributed by atoms with Gasteiger partial charge in [0.15, 0.2) is 0 Å². The Morgan fingerprint density at radius 3 is 2.88 bits per heavy atom. The van der Waals surface area contributed by atoms with Gasteiger partial charge in [-0.15, -0.1) is 0 Å². The van der Waals surface area contributed by atoms with E-state index in [9.17, 15) is 5.11 Å². The highest BCUT2D eigenvalue weighted by Gasteiger charge is 2.18. The molecule has 0 aliphatic carbocycles. The van der Waals surface area contributed by atoms with Gasteiger partial charge in [-0.05, 0) is 56.3 Å². The van der Waals surface area contributed by atoms with Crippen molar-refractivity contribution in [2.24, 2.45) is 0 Å². The zero-order valence-corrected chi connectivity index (χ0v) is 10.6. The normalized spacial score (nSPS) is 20.3. The fourth-order valence-electron chi connectivity index (χ4n) is 2.28. The molecule has 0 aromatic heterocycles. The standard InChI is InChI=1S/C13H18ClNO/c1-8-6-10(7-11-4-3-5-15-11)13(16)12(14)9(8)2/h6,11,15-16H,3-5,7H2,1-2H3. The minimum Gasteiger partial charge on any atom is -0.506 e. The van der Waals surface area contributed by atoms with Gasteiger partial charge in [0.1, 0.15) is 5.75 Å². The maximum atomic E-state index is 10.0. The third kappa shape index (κ3) is 2.18. The zero-order chi connectivity index (χ0) is 11.7. The van der Waals surface area contributed by atoms with Crippen LogP contribution >= 0.6 is 11.6 Å². The second-order valence-electron chi connectivity index (χ2n) is 4.64. The predicted molar refractivity (Wildman–Crippen MR) is 67.3 cm³/mol. The molecule has 0 bridgehead atoms. The SMILES string of the molecule is Cc1cc(CC2CCCN2)c(O)c(Cl)c1C. The number of nitrogens with one attached hydrogen (secondary N) is 1. The summed E-state index contributed by atoms with van der Waals surface area (Å²) < 4.78 is 0. The molecule has 1 aromatic carbocycles. The number of hydrogen-bond donors (Lipinski definition) is 2. The number of rotatable bonds is 2.